The second-order valence-corrected chi connectivity index (χ2v) is 8.70. The topological polar surface area (TPSA) is 62.9 Å². The fourth-order valence-electron chi connectivity index (χ4n) is 4.34. The molecule has 0 saturated carbocycles. The van der Waals surface area contributed by atoms with Gasteiger partial charge in [0.1, 0.15) is 11.6 Å². The molecular formula is C20H26N4O2S. The second kappa shape index (κ2) is 7.13. The Bertz CT molecular complexity index is 941. The molecule has 0 unspecified atom stereocenters. The highest BCUT2D eigenvalue weighted by Crippen LogP contribution is 2.44. The van der Waals surface area contributed by atoms with Crippen LogP contribution in [0, 0.1) is 18.8 Å². The van der Waals surface area contributed by atoms with Crippen molar-refractivity contribution in [1.82, 2.24) is 19.5 Å². The Kier molecular flexibility index (Phi) is 4.82. The number of piperidine rings is 1. The lowest BCUT2D eigenvalue weighted by molar-refractivity contribution is 0.110. The van der Waals surface area contributed by atoms with Crippen molar-refractivity contribution in [2.45, 2.75) is 33.2 Å². The fraction of sp³-hybridized carbons (Fsp3) is 0.500. The Balaban J connectivity index is 1.87. The number of methoxy groups -OCH3 is 1. The fourth-order valence-corrected chi connectivity index (χ4v) is 5.50. The van der Waals surface area contributed by atoms with Crippen LogP contribution in [0.4, 0.5) is 0 Å². The minimum atomic E-state index is -0.0832. The van der Waals surface area contributed by atoms with Gasteiger partial charge in [-0.1, -0.05) is 43.4 Å². The number of benzene rings is 1. The third-order valence-electron chi connectivity index (χ3n) is 5.25. The molecule has 0 spiro atoms. The summed E-state index contributed by atoms with van der Waals surface area (Å²) in [6.45, 7) is 8.41. The third kappa shape index (κ3) is 3.30. The molecule has 4 rings (SSSR count). The number of thiazole rings is 1. The average Bonchev–Trinajstić information content (AvgIpc) is 3.13. The maximum atomic E-state index is 11.0. The number of ether oxygens (including phenoxy) is 1. The number of likely N-dealkylation sites (tertiary alicyclic amines) is 1. The summed E-state index contributed by atoms with van der Waals surface area (Å²) in [5.74, 6) is 2.90. The van der Waals surface area contributed by atoms with Crippen LogP contribution >= 0.6 is 11.3 Å². The van der Waals surface area contributed by atoms with Gasteiger partial charge in [0.25, 0.3) is 0 Å². The van der Waals surface area contributed by atoms with Crippen molar-refractivity contribution in [2.75, 3.05) is 20.2 Å². The van der Waals surface area contributed by atoms with E-state index >= 15 is 0 Å². The summed E-state index contributed by atoms with van der Waals surface area (Å²) < 4.78 is 7.22. The molecule has 0 bridgehead atoms. The van der Waals surface area contributed by atoms with Gasteiger partial charge in [-0.2, -0.15) is 4.52 Å². The molecule has 1 fully saturated rings. The summed E-state index contributed by atoms with van der Waals surface area (Å²) in [6.07, 6.45) is 1.23. The first kappa shape index (κ1) is 18.3. The molecule has 3 heterocycles. The van der Waals surface area contributed by atoms with E-state index in [9.17, 15) is 5.11 Å². The van der Waals surface area contributed by atoms with Gasteiger partial charge in [0.05, 0.1) is 18.0 Å². The zero-order chi connectivity index (χ0) is 19.1. The second-order valence-electron chi connectivity index (χ2n) is 7.69. The molecule has 0 amide bonds. The summed E-state index contributed by atoms with van der Waals surface area (Å²) in [4.78, 5) is 8.51. The number of nitrogens with zero attached hydrogens (tertiary/aromatic N) is 4. The Labute approximate surface area is 163 Å². The van der Waals surface area contributed by atoms with Crippen molar-refractivity contribution >= 4 is 16.3 Å². The van der Waals surface area contributed by atoms with Crippen LogP contribution in [0.1, 0.15) is 42.6 Å². The van der Waals surface area contributed by atoms with Crippen LogP contribution in [-0.4, -0.2) is 44.8 Å². The van der Waals surface area contributed by atoms with Crippen LogP contribution in [-0.2, 0) is 0 Å². The minimum Gasteiger partial charge on any atom is -0.496 e. The number of hydrogen-bond acceptors (Lipinski definition) is 6. The summed E-state index contributed by atoms with van der Waals surface area (Å²) in [5.41, 5.74) is 1.07. The molecular weight excluding hydrogens is 360 g/mol. The van der Waals surface area contributed by atoms with Crippen LogP contribution in [0.3, 0.4) is 0 Å². The predicted octanol–water partition coefficient (Wildman–Crippen LogP) is 3.88. The van der Waals surface area contributed by atoms with Crippen molar-refractivity contribution in [1.29, 1.82) is 0 Å². The summed E-state index contributed by atoms with van der Waals surface area (Å²) in [6, 6.07) is 8.00. The lowest BCUT2D eigenvalue weighted by atomic mass is 9.89. The molecule has 7 heteroatoms. The molecule has 2 aromatic heterocycles. The third-order valence-corrected chi connectivity index (χ3v) is 6.32. The zero-order valence-electron chi connectivity index (χ0n) is 16.2. The van der Waals surface area contributed by atoms with Crippen molar-refractivity contribution < 1.29 is 9.84 Å². The molecule has 0 aliphatic carbocycles. The first-order chi connectivity index (χ1) is 13.0. The summed E-state index contributed by atoms with van der Waals surface area (Å²) in [5, 5.41) is 15.3. The number of aryl methyl sites for hydroxylation is 1. The van der Waals surface area contributed by atoms with E-state index in [-0.39, 0.29) is 11.9 Å². The minimum absolute atomic E-state index is 0.0832. The number of aromatic hydroxyl groups is 1. The number of aromatic nitrogens is 3. The number of hydrogen-bond donors (Lipinski definition) is 1. The van der Waals surface area contributed by atoms with Crippen LogP contribution in [0.25, 0.3) is 4.96 Å². The Hall–Kier alpha value is -2.12. The van der Waals surface area contributed by atoms with E-state index in [2.05, 4.69) is 34.9 Å². The van der Waals surface area contributed by atoms with Crippen LogP contribution < -0.4 is 4.74 Å². The largest absolute Gasteiger partial charge is 0.496 e. The highest BCUT2D eigenvalue weighted by molar-refractivity contribution is 7.17. The molecule has 1 aliphatic heterocycles. The van der Waals surface area contributed by atoms with Crippen molar-refractivity contribution in [3.05, 3.63) is 40.5 Å². The SMILES string of the molecule is COc1ccccc1[C@H](c1sc2nc(C)nn2c1O)N1C[C@@H](C)C[C@H](C)C1. The summed E-state index contributed by atoms with van der Waals surface area (Å²) >= 11 is 1.51. The zero-order valence-corrected chi connectivity index (χ0v) is 17.0. The molecule has 1 saturated heterocycles. The predicted molar refractivity (Wildman–Crippen MR) is 107 cm³/mol. The standard InChI is InChI=1S/C20H26N4O2S/c1-12-9-13(2)11-23(10-12)17(15-7-5-6-8-16(15)26-4)18-19(25)24-20(27-18)21-14(3)22-24/h5-8,12-13,17,25H,9-11H2,1-4H3/t12-,13-,17+/m0/s1. The van der Waals surface area contributed by atoms with Gasteiger partial charge in [0.15, 0.2) is 0 Å². The number of rotatable bonds is 4. The molecule has 144 valence electrons. The van der Waals surface area contributed by atoms with Gasteiger partial charge in [-0.05, 0) is 31.2 Å². The van der Waals surface area contributed by atoms with Crippen LogP contribution in [0.5, 0.6) is 11.6 Å². The van der Waals surface area contributed by atoms with Crippen molar-refractivity contribution in [3.63, 3.8) is 0 Å². The van der Waals surface area contributed by atoms with Gasteiger partial charge in [-0.15, -0.1) is 5.10 Å². The monoisotopic (exact) mass is 386 g/mol. The van der Waals surface area contributed by atoms with E-state index in [4.69, 9.17) is 4.74 Å². The molecule has 0 radical (unpaired) electrons. The van der Waals surface area contributed by atoms with Gasteiger partial charge >= 0.3 is 0 Å². The lowest BCUT2D eigenvalue weighted by Crippen LogP contribution is -2.41. The van der Waals surface area contributed by atoms with Crippen LogP contribution in [0.2, 0.25) is 0 Å². The van der Waals surface area contributed by atoms with Gasteiger partial charge in [-0.3, -0.25) is 4.90 Å². The molecule has 3 atom stereocenters. The first-order valence-electron chi connectivity index (χ1n) is 9.40. The Morgan fingerprint density at radius 3 is 2.59 bits per heavy atom. The highest BCUT2D eigenvalue weighted by atomic mass is 32.1. The van der Waals surface area contributed by atoms with Crippen LogP contribution in [0.15, 0.2) is 24.3 Å². The van der Waals surface area contributed by atoms with Crippen molar-refractivity contribution in [2.24, 2.45) is 11.8 Å². The van der Waals surface area contributed by atoms with E-state index in [0.29, 0.717) is 17.7 Å². The van der Waals surface area contributed by atoms with E-state index < -0.39 is 0 Å². The van der Waals surface area contributed by atoms with E-state index in [1.165, 1.54) is 17.8 Å². The van der Waals surface area contributed by atoms with Crippen molar-refractivity contribution in [3.8, 4) is 11.6 Å². The Morgan fingerprint density at radius 2 is 1.93 bits per heavy atom. The molecule has 1 aliphatic rings. The van der Waals surface area contributed by atoms with Gasteiger partial charge in [-0.25, -0.2) is 4.98 Å². The quantitative estimate of drug-likeness (QED) is 0.737. The average molecular weight is 387 g/mol. The number of fused-ring (bicyclic) bond motifs is 1. The highest BCUT2D eigenvalue weighted by Gasteiger charge is 2.35. The van der Waals surface area contributed by atoms with Gasteiger partial charge < -0.3 is 9.84 Å². The van der Waals surface area contributed by atoms with E-state index in [1.807, 2.05) is 25.1 Å². The first-order valence-corrected chi connectivity index (χ1v) is 10.2. The maximum Gasteiger partial charge on any atom is 0.230 e. The van der Waals surface area contributed by atoms with E-state index in [1.54, 1.807) is 11.6 Å². The van der Waals surface area contributed by atoms with Gasteiger partial charge in [0.2, 0.25) is 10.8 Å². The molecule has 6 nitrogen and oxygen atoms in total. The normalized spacial score (nSPS) is 22.2. The van der Waals surface area contributed by atoms with E-state index in [0.717, 1.165) is 34.2 Å². The lowest BCUT2D eigenvalue weighted by Gasteiger charge is -2.40. The maximum absolute atomic E-state index is 11.0. The number of para-hydroxylation sites is 1. The Morgan fingerprint density at radius 1 is 1.22 bits per heavy atom. The molecule has 1 aromatic carbocycles. The summed E-state index contributed by atoms with van der Waals surface area (Å²) in [7, 11) is 1.70. The molecule has 3 aromatic rings. The smallest absolute Gasteiger partial charge is 0.230 e. The molecule has 27 heavy (non-hydrogen) atoms. The molecule has 1 N–H and O–H groups in total. The van der Waals surface area contributed by atoms with Gasteiger partial charge in [0, 0.05) is 18.7 Å².